The molecule has 3 rings (SSSR count). The van der Waals surface area contributed by atoms with E-state index in [4.69, 9.17) is 0 Å². The monoisotopic (exact) mass is 357 g/mol. The minimum Gasteiger partial charge on any atom is -0.346 e. The number of carbonyl (C=O) groups is 2. The SMILES string of the molecule is Cc1cccc(NC(=O)C(=O)NCC(c2ccsc2)N2CCCC2)c1. The maximum atomic E-state index is 12.2. The van der Waals surface area contributed by atoms with Crippen LogP contribution in [-0.4, -0.2) is 36.3 Å². The average molecular weight is 357 g/mol. The molecule has 2 heterocycles. The van der Waals surface area contributed by atoms with E-state index < -0.39 is 11.8 Å². The Kier molecular flexibility index (Phi) is 5.83. The standard InChI is InChI=1S/C19H23N3O2S/c1-14-5-4-6-16(11-14)21-19(24)18(23)20-12-17(15-7-10-25-13-15)22-8-2-3-9-22/h4-7,10-11,13,17H,2-3,8-9,12H2,1H3,(H,20,23)(H,21,24). The van der Waals surface area contributed by atoms with Crippen molar-refractivity contribution in [3.05, 3.63) is 52.2 Å². The van der Waals surface area contributed by atoms with E-state index in [-0.39, 0.29) is 6.04 Å². The first kappa shape index (κ1) is 17.6. The summed E-state index contributed by atoms with van der Waals surface area (Å²) >= 11 is 1.65. The molecule has 1 atom stereocenters. The largest absolute Gasteiger partial charge is 0.346 e. The number of rotatable bonds is 5. The molecule has 0 saturated carbocycles. The third kappa shape index (κ3) is 4.67. The normalized spacial score (nSPS) is 15.7. The number of thiophene rings is 1. The van der Waals surface area contributed by atoms with E-state index in [1.54, 1.807) is 17.4 Å². The average Bonchev–Trinajstić information content (AvgIpc) is 3.29. The fourth-order valence-electron chi connectivity index (χ4n) is 3.16. The van der Waals surface area contributed by atoms with Crippen LogP contribution in [0, 0.1) is 6.92 Å². The first-order valence-corrected chi connectivity index (χ1v) is 9.50. The summed E-state index contributed by atoms with van der Waals surface area (Å²) in [6.45, 7) is 4.45. The van der Waals surface area contributed by atoms with E-state index in [1.165, 1.54) is 18.4 Å². The van der Waals surface area contributed by atoms with Gasteiger partial charge in [-0.25, -0.2) is 0 Å². The van der Waals surface area contributed by atoms with Gasteiger partial charge >= 0.3 is 11.8 Å². The fourth-order valence-corrected chi connectivity index (χ4v) is 3.86. The molecule has 5 nitrogen and oxygen atoms in total. The van der Waals surface area contributed by atoms with Crippen molar-refractivity contribution >= 4 is 28.8 Å². The molecule has 0 bridgehead atoms. The number of hydrogen-bond acceptors (Lipinski definition) is 4. The molecule has 25 heavy (non-hydrogen) atoms. The van der Waals surface area contributed by atoms with Crippen LogP contribution in [0.5, 0.6) is 0 Å². The second-order valence-corrected chi connectivity index (χ2v) is 7.13. The Morgan fingerprint density at radius 3 is 2.68 bits per heavy atom. The molecule has 0 radical (unpaired) electrons. The van der Waals surface area contributed by atoms with Crippen molar-refractivity contribution in [1.82, 2.24) is 10.2 Å². The Balaban J connectivity index is 1.58. The molecule has 0 spiro atoms. The van der Waals surface area contributed by atoms with Gasteiger partial charge in [-0.3, -0.25) is 14.5 Å². The van der Waals surface area contributed by atoms with Gasteiger partial charge in [-0.05, 0) is 72.9 Å². The van der Waals surface area contributed by atoms with Crippen LogP contribution in [-0.2, 0) is 9.59 Å². The van der Waals surface area contributed by atoms with Crippen LogP contribution in [0.1, 0.15) is 30.0 Å². The number of aryl methyl sites for hydroxylation is 1. The van der Waals surface area contributed by atoms with E-state index in [0.29, 0.717) is 12.2 Å². The molecule has 2 N–H and O–H groups in total. The third-order valence-corrected chi connectivity index (χ3v) is 5.15. The highest BCUT2D eigenvalue weighted by molar-refractivity contribution is 7.08. The van der Waals surface area contributed by atoms with Crippen molar-refractivity contribution in [3.8, 4) is 0 Å². The molecule has 1 aromatic heterocycles. The molecular weight excluding hydrogens is 334 g/mol. The lowest BCUT2D eigenvalue weighted by molar-refractivity contribution is -0.136. The number of likely N-dealkylation sites (tertiary alicyclic amines) is 1. The highest BCUT2D eigenvalue weighted by Gasteiger charge is 2.25. The lowest BCUT2D eigenvalue weighted by Gasteiger charge is -2.27. The Labute approximate surface area is 152 Å². The molecule has 1 fully saturated rings. The van der Waals surface area contributed by atoms with Gasteiger partial charge in [0.25, 0.3) is 0 Å². The smallest absolute Gasteiger partial charge is 0.313 e. The first-order chi connectivity index (χ1) is 12.1. The van der Waals surface area contributed by atoms with Crippen LogP contribution < -0.4 is 10.6 Å². The molecule has 1 unspecified atom stereocenters. The quantitative estimate of drug-likeness (QED) is 0.809. The number of nitrogens with one attached hydrogen (secondary N) is 2. The van der Waals surface area contributed by atoms with Crippen LogP contribution in [0.2, 0.25) is 0 Å². The van der Waals surface area contributed by atoms with Gasteiger partial charge in [0.15, 0.2) is 0 Å². The van der Waals surface area contributed by atoms with Gasteiger partial charge in [0.1, 0.15) is 0 Å². The summed E-state index contributed by atoms with van der Waals surface area (Å²) in [6, 6.07) is 9.62. The van der Waals surface area contributed by atoms with Crippen LogP contribution in [0.4, 0.5) is 5.69 Å². The lowest BCUT2D eigenvalue weighted by atomic mass is 10.1. The summed E-state index contributed by atoms with van der Waals surface area (Å²) in [5.41, 5.74) is 2.87. The van der Waals surface area contributed by atoms with Crippen molar-refractivity contribution in [2.24, 2.45) is 0 Å². The van der Waals surface area contributed by atoms with Gasteiger partial charge in [0.2, 0.25) is 0 Å². The Morgan fingerprint density at radius 1 is 1.20 bits per heavy atom. The Hall–Kier alpha value is -2.18. The van der Waals surface area contributed by atoms with Crippen molar-refractivity contribution in [2.45, 2.75) is 25.8 Å². The van der Waals surface area contributed by atoms with Gasteiger partial charge in [-0.1, -0.05) is 12.1 Å². The molecule has 1 aliphatic rings. The topological polar surface area (TPSA) is 61.4 Å². The van der Waals surface area contributed by atoms with Gasteiger partial charge in [0, 0.05) is 12.2 Å². The van der Waals surface area contributed by atoms with Gasteiger partial charge in [0.05, 0.1) is 6.04 Å². The van der Waals surface area contributed by atoms with E-state index in [0.717, 1.165) is 18.7 Å². The molecule has 1 saturated heterocycles. The Morgan fingerprint density at radius 2 is 2.00 bits per heavy atom. The van der Waals surface area contributed by atoms with Crippen LogP contribution in [0.15, 0.2) is 41.1 Å². The first-order valence-electron chi connectivity index (χ1n) is 8.55. The zero-order chi connectivity index (χ0) is 17.6. The summed E-state index contributed by atoms with van der Waals surface area (Å²) in [5.74, 6) is -1.22. The van der Waals surface area contributed by atoms with Crippen molar-refractivity contribution < 1.29 is 9.59 Å². The molecule has 1 aromatic carbocycles. The summed E-state index contributed by atoms with van der Waals surface area (Å²) < 4.78 is 0. The highest BCUT2D eigenvalue weighted by atomic mass is 32.1. The molecule has 6 heteroatoms. The molecule has 0 aliphatic carbocycles. The van der Waals surface area contributed by atoms with Crippen LogP contribution in [0.3, 0.4) is 0 Å². The molecule has 2 amide bonds. The summed E-state index contributed by atoms with van der Waals surface area (Å²) in [4.78, 5) is 26.7. The number of nitrogens with zero attached hydrogens (tertiary/aromatic N) is 1. The van der Waals surface area contributed by atoms with E-state index >= 15 is 0 Å². The minimum atomic E-state index is -0.629. The number of carbonyl (C=O) groups excluding carboxylic acids is 2. The van der Waals surface area contributed by atoms with E-state index in [9.17, 15) is 9.59 Å². The predicted octanol–water partition coefficient (Wildman–Crippen LogP) is 2.95. The molecule has 2 aromatic rings. The van der Waals surface area contributed by atoms with Crippen LogP contribution >= 0.6 is 11.3 Å². The fraction of sp³-hybridized carbons (Fsp3) is 0.368. The summed E-state index contributed by atoms with van der Waals surface area (Å²) in [5, 5.41) is 9.60. The minimum absolute atomic E-state index is 0.129. The summed E-state index contributed by atoms with van der Waals surface area (Å²) in [6.07, 6.45) is 2.37. The van der Waals surface area contributed by atoms with Crippen molar-refractivity contribution in [3.63, 3.8) is 0 Å². The highest BCUT2D eigenvalue weighted by Crippen LogP contribution is 2.26. The molecule has 1 aliphatic heterocycles. The van der Waals surface area contributed by atoms with Gasteiger partial charge < -0.3 is 10.6 Å². The number of anilines is 1. The maximum absolute atomic E-state index is 12.2. The molecule has 132 valence electrons. The predicted molar refractivity (Wildman–Crippen MR) is 101 cm³/mol. The second kappa shape index (κ2) is 8.27. The van der Waals surface area contributed by atoms with E-state index in [1.807, 2.05) is 30.5 Å². The summed E-state index contributed by atoms with van der Waals surface area (Å²) in [7, 11) is 0. The maximum Gasteiger partial charge on any atom is 0.313 e. The third-order valence-electron chi connectivity index (χ3n) is 4.45. The number of hydrogen-bond donors (Lipinski definition) is 2. The number of benzene rings is 1. The zero-order valence-corrected chi connectivity index (χ0v) is 15.1. The zero-order valence-electron chi connectivity index (χ0n) is 14.3. The van der Waals surface area contributed by atoms with Crippen molar-refractivity contribution in [1.29, 1.82) is 0 Å². The van der Waals surface area contributed by atoms with E-state index in [2.05, 4.69) is 27.0 Å². The molecular formula is C19H23N3O2S. The van der Waals surface area contributed by atoms with Crippen LogP contribution in [0.25, 0.3) is 0 Å². The lowest BCUT2D eigenvalue weighted by Crippen LogP contribution is -2.41. The van der Waals surface area contributed by atoms with Gasteiger partial charge in [-0.2, -0.15) is 11.3 Å². The number of amides is 2. The second-order valence-electron chi connectivity index (χ2n) is 6.35. The Bertz CT molecular complexity index is 724. The van der Waals surface area contributed by atoms with Crippen molar-refractivity contribution in [2.75, 3.05) is 25.0 Å². The van der Waals surface area contributed by atoms with Gasteiger partial charge in [-0.15, -0.1) is 0 Å².